The van der Waals surface area contributed by atoms with Crippen molar-refractivity contribution in [3.05, 3.63) is 24.2 Å². The van der Waals surface area contributed by atoms with Gasteiger partial charge in [0, 0.05) is 40.2 Å². The predicted octanol–water partition coefficient (Wildman–Crippen LogP) is 0.847. The van der Waals surface area contributed by atoms with Crippen molar-refractivity contribution < 1.29 is 17.6 Å². The maximum absolute atomic E-state index is 12.2. The van der Waals surface area contributed by atoms with E-state index in [1.165, 1.54) is 22.7 Å². The van der Waals surface area contributed by atoms with Crippen LogP contribution in [-0.4, -0.2) is 56.7 Å². The fourth-order valence-electron chi connectivity index (χ4n) is 2.67. The molecule has 7 nitrogen and oxygen atoms in total. The molecule has 2 heterocycles. The lowest BCUT2D eigenvalue weighted by atomic mass is 9.99. The molecule has 1 aromatic rings. The number of aryl methyl sites for hydroxylation is 1. The second kappa shape index (κ2) is 7.94. The average molecular weight is 343 g/mol. The molecule has 1 fully saturated rings. The maximum Gasteiger partial charge on any atom is 0.281 e. The smallest absolute Gasteiger partial charge is 0.281 e. The van der Waals surface area contributed by atoms with E-state index in [2.05, 4.69) is 5.32 Å². The molecule has 0 spiro atoms. The van der Waals surface area contributed by atoms with Gasteiger partial charge < -0.3 is 9.73 Å². The summed E-state index contributed by atoms with van der Waals surface area (Å²) in [4.78, 5) is 12.2. The Morgan fingerprint density at radius 3 is 2.91 bits per heavy atom. The lowest BCUT2D eigenvalue weighted by molar-refractivity contribution is -0.126. The lowest BCUT2D eigenvalue weighted by Gasteiger charge is -2.32. The van der Waals surface area contributed by atoms with Crippen molar-refractivity contribution in [3.8, 4) is 0 Å². The Balaban J connectivity index is 1.78. The van der Waals surface area contributed by atoms with Gasteiger partial charge in [0.15, 0.2) is 0 Å². The van der Waals surface area contributed by atoms with Crippen LogP contribution in [0.5, 0.6) is 0 Å². The van der Waals surface area contributed by atoms with Gasteiger partial charge in [0.05, 0.1) is 12.2 Å². The predicted molar refractivity (Wildman–Crippen MR) is 86.9 cm³/mol. The zero-order valence-electron chi connectivity index (χ0n) is 13.7. The summed E-state index contributed by atoms with van der Waals surface area (Å²) in [6, 6.07) is 3.75. The van der Waals surface area contributed by atoms with E-state index >= 15 is 0 Å². The third kappa shape index (κ3) is 4.79. The van der Waals surface area contributed by atoms with Crippen LogP contribution in [0.1, 0.15) is 25.0 Å². The zero-order valence-corrected chi connectivity index (χ0v) is 14.5. The van der Waals surface area contributed by atoms with Crippen molar-refractivity contribution >= 4 is 16.1 Å². The summed E-state index contributed by atoms with van der Waals surface area (Å²) in [5.74, 6) is 0.561. The van der Waals surface area contributed by atoms with Crippen LogP contribution in [0.4, 0.5) is 0 Å². The van der Waals surface area contributed by atoms with E-state index in [1.54, 1.807) is 6.26 Å². The maximum atomic E-state index is 12.2. The number of nitrogens with one attached hydrogen (secondary N) is 1. The molecule has 8 heteroatoms. The summed E-state index contributed by atoms with van der Waals surface area (Å²) in [6.07, 6.45) is 4.64. The number of hydrogen-bond acceptors (Lipinski definition) is 4. The number of hydrogen-bond donors (Lipinski definition) is 1. The second-order valence-corrected chi connectivity index (χ2v) is 8.10. The number of carbonyl (C=O) groups excluding carboxylic acids is 1. The summed E-state index contributed by atoms with van der Waals surface area (Å²) in [5, 5.41) is 2.90. The number of piperidine rings is 1. The molecule has 130 valence electrons. The van der Waals surface area contributed by atoms with Crippen LogP contribution in [-0.2, 0) is 21.4 Å². The molecule has 0 aromatic carbocycles. The summed E-state index contributed by atoms with van der Waals surface area (Å²) in [5.41, 5.74) is 0. The molecule has 0 bridgehead atoms. The van der Waals surface area contributed by atoms with Crippen LogP contribution in [0.25, 0.3) is 0 Å². The van der Waals surface area contributed by atoms with E-state index in [9.17, 15) is 13.2 Å². The molecule has 0 radical (unpaired) electrons. The number of nitrogens with zero attached hydrogens (tertiary/aromatic N) is 2. The summed E-state index contributed by atoms with van der Waals surface area (Å²) in [7, 11) is -0.432. The molecular formula is C15H25N3O4S. The molecule has 0 aliphatic carbocycles. The Morgan fingerprint density at radius 1 is 1.48 bits per heavy atom. The first-order chi connectivity index (χ1) is 10.9. The monoisotopic (exact) mass is 343 g/mol. The summed E-state index contributed by atoms with van der Waals surface area (Å²) in [6.45, 7) is 1.30. The molecule has 1 amide bonds. The van der Waals surface area contributed by atoms with Gasteiger partial charge in [-0.05, 0) is 31.4 Å². The van der Waals surface area contributed by atoms with Gasteiger partial charge >= 0.3 is 0 Å². The largest absolute Gasteiger partial charge is 0.469 e. The standard InChI is InChI=1S/C15H25N3O4S/c1-17(2)23(20,21)18-10-4-6-13(12-18)15(19)16-9-3-7-14-8-5-11-22-14/h5,8,11,13H,3-4,6-7,9-10,12H2,1-2H3,(H,16,19)/t13-/m0/s1. The Morgan fingerprint density at radius 2 is 2.26 bits per heavy atom. The molecule has 0 saturated carbocycles. The van der Waals surface area contributed by atoms with Gasteiger partial charge in [-0.3, -0.25) is 4.79 Å². The van der Waals surface area contributed by atoms with Crippen molar-refractivity contribution in [1.29, 1.82) is 0 Å². The van der Waals surface area contributed by atoms with Crippen molar-refractivity contribution in [2.75, 3.05) is 33.7 Å². The summed E-state index contributed by atoms with van der Waals surface area (Å²) >= 11 is 0. The molecule has 1 aromatic heterocycles. The van der Waals surface area contributed by atoms with Gasteiger partial charge in [-0.2, -0.15) is 17.0 Å². The minimum absolute atomic E-state index is 0.0666. The first-order valence-corrected chi connectivity index (χ1v) is 9.28. The Labute approximate surface area is 137 Å². The molecule has 1 N–H and O–H groups in total. The first-order valence-electron chi connectivity index (χ1n) is 7.89. The molecule has 1 saturated heterocycles. The van der Waals surface area contributed by atoms with Crippen molar-refractivity contribution in [3.63, 3.8) is 0 Å². The van der Waals surface area contributed by atoms with Gasteiger partial charge in [-0.1, -0.05) is 0 Å². The molecule has 1 atom stereocenters. The van der Waals surface area contributed by atoms with Crippen molar-refractivity contribution in [2.45, 2.75) is 25.7 Å². The van der Waals surface area contributed by atoms with Gasteiger partial charge in [-0.25, -0.2) is 0 Å². The first kappa shape index (κ1) is 18.0. The molecule has 2 rings (SSSR count). The number of furan rings is 1. The van der Waals surface area contributed by atoms with Gasteiger partial charge in [0.25, 0.3) is 10.2 Å². The van der Waals surface area contributed by atoms with E-state index in [1.807, 2.05) is 12.1 Å². The number of rotatable bonds is 7. The fraction of sp³-hybridized carbons (Fsp3) is 0.667. The van der Waals surface area contributed by atoms with Crippen LogP contribution in [0.15, 0.2) is 22.8 Å². The van der Waals surface area contributed by atoms with Crippen molar-refractivity contribution in [2.24, 2.45) is 5.92 Å². The third-order valence-electron chi connectivity index (χ3n) is 4.02. The minimum Gasteiger partial charge on any atom is -0.469 e. The van der Waals surface area contributed by atoms with E-state index in [4.69, 9.17) is 4.42 Å². The lowest BCUT2D eigenvalue weighted by Crippen LogP contribution is -2.48. The SMILES string of the molecule is CN(C)S(=O)(=O)N1CCC[C@H](C(=O)NCCCc2ccco2)C1. The highest BCUT2D eigenvalue weighted by atomic mass is 32.2. The van der Waals surface area contributed by atoms with E-state index < -0.39 is 10.2 Å². The molecule has 1 aliphatic heterocycles. The average Bonchev–Trinajstić information content (AvgIpc) is 3.04. The Bertz CT molecular complexity index is 598. The highest BCUT2D eigenvalue weighted by Crippen LogP contribution is 2.20. The number of carbonyl (C=O) groups is 1. The molecule has 23 heavy (non-hydrogen) atoms. The summed E-state index contributed by atoms with van der Waals surface area (Å²) < 4.78 is 32.1. The highest BCUT2D eigenvalue weighted by molar-refractivity contribution is 7.86. The Hall–Kier alpha value is -1.38. The minimum atomic E-state index is -3.45. The van der Waals surface area contributed by atoms with Crippen LogP contribution in [0.2, 0.25) is 0 Å². The fourth-order valence-corrected chi connectivity index (χ4v) is 3.86. The topological polar surface area (TPSA) is 82.9 Å². The van der Waals surface area contributed by atoms with Crippen LogP contribution in [0, 0.1) is 5.92 Å². The van der Waals surface area contributed by atoms with Crippen molar-refractivity contribution in [1.82, 2.24) is 13.9 Å². The van der Waals surface area contributed by atoms with Crippen LogP contribution < -0.4 is 5.32 Å². The van der Waals surface area contributed by atoms with E-state index in [0.29, 0.717) is 19.5 Å². The quantitative estimate of drug-likeness (QED) is 0.744. The van der Waals surface area contributed by atoms with Gasteiger partial charge in [0.2, 0.25) is 5.91 Å². The van der Waals surface area contributed by atoms with E-state index in [0.717, 1.165) is 25.0 Å². The third-order valence-corrected chi connectivity index (χ3v) is 5.93. The van der Waals surface area contributed by atoms with Crippen LogP contribution >= 0.6 is 0 Å². The molecule has 1 aliphatic rings. The second-order valence-electron chi connectivity index (χ2n) is 5.96. The molecular weight excluding hydrogens is 318 g/mol. The molecule has 0 unspecified atom stereocenters. The van der Waals surface area contributed by atoms with Gasteiger partial charge in [-0.15, -0.1) is 0 Å². The number of amides is 1. The van der Waals surface area contributed by atoms with Gasteiger partial charge in [0.1, 0.15) is 5.76 Å². The van der Waals surface area contributed by atoms with E-state index in [-0.39, 0.29) is 18.4 Å². The highest BCUT2D eigenvalue weighted by Gasteiger charge is 2.33. The normalized spacial score (nSPS) is 19.9. The Kier molecular flexibility index (Phi) is 6.20. The van der Waals surface area contributed by atoms with Crippen LogP contribution in [0.3, 0.4) is 0 Å². The zero-order chi connectivity index (χ0) is 16.9.